The van der Waals surface area contributed by atoms with Gasteiger partial charge in [0.1, 0.15) is 6.61 Å². The molecule has 12 nitrogen and oxygen atoms in total. The summed E-state index contributed by atoms with van der Waals surface area (Å²) in [5.74, 6) is -0.357. The van der Waals surface area contributed by atoms with Gasteiger partial charge >= 0.3 is 5.97 Å². The number of carbonyl (C=O) groups excluding carboxylic acids is 1. The van der Waals surface area contributed by atoms with Crippen molar-refractivity contribution in [2.45, 2.75) is 97.3 Å². The molecule has 316 valence electrons. The Morgan fingerprint density at radius 3 is 1.07 bits per heavy atom. The normalized spacial score (nSPS) is 11.4. The minimum Gasteiger partial charge on any atom is -0.460 e. The van der Waals surface area contributed by atoms with Crippen molar-refractivity contribution in [1.29, 1.82) is 0 Å². The topological polar surface area (TPSA) is 121 Å². The van der Waals surface area contributed by atoms with E-state index in [1.54, 1.807) is 12.1 Å². The molecule has 0 amide bonds. The van der Waals surface area contributed by atoms with Crippen LogP contribution in [0, 0.1) is 0 Å². The van der Waals surface area contributed by atoms with Gasteiger partial charge in [-0.05, 0) is 37.1 Å². The summed E-state index contributed by atoms with van der Waals surface area (Å²) in [6.45, 7) is 15.0. The zero-order valence-corrected chi connectivity index (χ0v) is 34.1. The van der Waals surface area contributed by atoms with Crippen molar-refractivity contribution in [2.75, 3.05) is 137 Å². The molecule has 1 aromatic rings. The molecule has 0 saturated carbocycles. The molecule has 0 atom stereocenters. The molecule has 0 unspecified atom stereocenters. The fourth-order valence-corrected chi connectivity index (χ4v) is 5.14. The number of unbranched alkanes of at least 4 members (excludes halogenated alkanes) is 11. The van der Waals surface area contributed by atoms with Crippen molar-refractivity contribution in [3.63, 3.8) is 0 Å². The lowest BCUT2D eigenvalue weighted by molar-refractivity contribution is -0.0259. The summed E-state index contributed by atoms with van der Waals surface area (Å²) in [5.41, 5.74) is 1.52. The largest absolute Gasteiger partial charge is 0.460 e. The Morgan fingerprint density at radius 1 is 0.389 bits per heavy atom. The number of anilines is 1. The fraction of sp³-hybridized carbons (Fsp3) is 0.833. The summed E-state index contributed by atoms with van der Waals surface area (Å²) in [5, 5.41) is 3.32. The standard InChI is InChI=1S/C42H77NO11/c1-3-5-7-8-9-10-11-12-13-14-15-21-45-22-23-46-24-25-47-26-27-48-28-29-49-30-31-50-32-33-51-34-35-52-36-37-53-38-39-54-42(44)40-16-18-41(19-17-40)43-20-6-4-2/h16-19,43H,3-15,20-39H2,1-2H3. The summed E-state index contributed by atoms with van der Waals surface area (Å²) in [7, 11) is 0. The predicted molar refractivity (Wildman–Crippen MR) is 214 cm³/mol. The van der Waals surface area contributed by atoms with Crippen molar-refractivity contribution in [2.24, 2.45) is 0 Å². The minimum atomic E-state index is -0.357. The average Bonchev–Trinajstić information content (AvgIpc) is 3.19. The van der Waals surface area contributed by atoms with Gasteiger partial charge in [-0.1, -0.05) is 84.5 Å². The minimum absolute atomic E-state index is 0.195. The number of rotatable bonds is 44. The van der Waals surface area contributed by atoms with Crippen LogP contribution in [0.2, 0.25) is 0 Å². The highest BCUT2D eigenvalue weighted by Crippen LogP contribution is 2.12. The highest BCUT2D eigenvalue weighted by molar-refractivity contribution is 5.89. The molecule has 0 aromatic heterocycles. The van der Waals surface area contributed by atoms with Gasteiger partial charge in [0, 0.05) is 18.8 Å². The van der Waals surface area contributed by atoms with Gasteiger partial charge in [0.2, 0.25) is 0 Å². The van der Waals surface area contributed by atoms with Gasteiger partial charge < -0.3 is 52.7 Å². The monoisotopic (exact) mass is 772 g/mol. The lowest BCUT2D eigenvalue weighted by Gasteiger charge is -2.09. The molecule has 54 heavy (non-hydrogen) atoms. The van der Waals surface area contributed by atoms with Crippen LogP contribution in [0.3, 0.4) is 0 Å². The predicted octanol–water partition coefficient (Wildman–Crippen LogP) is 7.52. The Morgan fingerprint density at radius 2 is 0.704 bits per heavy atom. The smallest absolute Gasteiger partial charge is 0.338 e. The number of benzene rings is 1. The van der Waals surface area contributed by atoms with E-state index in [9.17, 15) is 4.79 Å². The number of hydrogen-bond acceptors (Lipinski definition) is 12. The third kappa shape index (κ3) is 35.8. The van der Waals surface area contributed by atoms with Crippen molar-refractivity contribution >= 4 is 11.7 Å². The van der Waals surface area contributed by atoms with Gasteiger partial charge in [-0.3, -0.25) is 0 Å². The summed E-state index contributed by atoms with van der Waals surface area (Å²) in [4.78, 5) is 12.1. The summed E-state index contributed by atoms with van der Waals surface area (Å²) >= 11 is 0. The van der Waals surface area contributed by atoms with Crippen LogP contribution in [0.25, 0.3) is 0 Å². The van der Waals surface area contributed by atoms with Crippen LogP contribution in [0.5, 0.6) is 0 Å². The Balaban J connectivity index is 1.67. The number of carbonyl (C=O) groups is 1. The fourth-order valence-electron chi connectivity index (χ4n) is 5.14. The van der Waals surface area contributed by atoms with Crippen molar-refractivity contribution < 1.29 is 52.2 Å². The Hall–Kier alpha value is -1.87. The van der Waals surface area contributed by atoms with Gasteiger partial charge in [-0.25, -0.2) is 4.79 Å². The molecule has 1 N–H and O–H groups in total. The first-order valence-electron chi connectivity index (χ1n) is 21.0. The number of esters is 1. The lowest BCUT2D eigenvalue weighted by atomic mass is 10.1. The van der Waals surface area contributed by atoms with E-state index in [2.05, 4.69) is 19.2 Å². The Labute approximate surface area is 327 Å². The van der Waals surface area contributed by atoms with Crippen LogP contribution in [0.4, 0.5) is 5.69 Å². The molecule has 0 heterocycles. The molecular weight excluding hydrogens is 694 g/mol. The van der Waals surface area contributed by atoms with E-state index >= 15 is 0 Å². The first-order chi connectivity index (χ1) is 26.8. The number of nitrogens with one attached hydrogen (secondary N) is 1. The molecule has 0 bridgehead atoms. The van der Waals surface area contributed by atoms with Crippen LogP contribution in [-0.2, 0) is 47.4 Å². The number of hydrogen-bond donors (Lipinski definition) is 1. The van der Waals surface area contributed by atoms with E-state index in [4.69, 9.17) is 47.4 Å². The molecule has 0 aliphatic rings. The van der Waals surface area contributed by atoms with Crippen molar-refractivity contribution in [3.8, 4) is 0 Å². The second-order valence-corrected chi connectivity index (χ2v) is 13.0. The first kappa shape index (κ1) is 50.1. The number of ether oxygens (including phenoxy) is 10. The maximum absolute atomic E-state index is 12.1. The van der Waals surface area contributed by atoms with Crippen LogP contribution >= 0.6 is 0 Å². The zero-order chi connectivity index (χ0) is 38.7. The van der Waals surface area contributed by atoms with Gasteiger partial charge in [-0.2, -0.15) is 0 Å². The van der Waals surface area contributed by atoms with Crippen molar-refractivity contribution in [1.82, 2.24) is 0 Å². The quantitative estimate of drug-likeness (QED) is 0.0522. The second-order valence-electron chi connectivity index (χ2n) is 13.0. The SMILES string of the molecule is CCCCCCCCCCCCCOCCOCCOCCOCCOCCOCCOCCOCCOCCOC(=O)c1ccc(NCCCC)cc1. The van der Waals surface area contributed by atoms with Gasteiger partial charge in [0.25, 0.3) is 0 Å². The van der Waals surface area contributed by atoms with E-state index in [0.29, 0.717) is 118 Å². The second kappa shape index (κ2) is 42.3. The van der Waals surface area contributed by atoms with E-state index in [0.717, 1.165) is 38.1 Å². The van der Waals surface area contributed by atoms with E-state index in [1.807, 2.05) is 12.1 Å². The molecule has 1 rings (SSSR count). The molecule has 0 aliphatic heterocycles. The van der Waals surface area contributed by atoms with Crippen molar-refractivity contribution in [3.05, 3.63) is 29.8 Å². The Kier molecular flexibility index (Phi) is 39.3. The van der Waals surface area contributed by atoms with Crippen LogP contribution in [-0.4, -0.2) is 138 Å². The summed E-state index contributed by atoms with van der Waals surface area (Å²) < 4.78 is 55.0. The van der Waals surface area contributed by atoms with Crippen LogP contribution in [0.15, 0.2) is 24.3 Å². The lowest BCUT2D eigenvalue weighted by Crippen LogP contribution is -2.15. The molecule has 0 aliphatic carbocycles. The molecule has 0 radical (unpaired) electrons. The van der Waals surface area contributed by atoms with Crippen LogP contribution in [0.1, 0.15) is 108 Å². The van der Waals surface area contributed by atoms with Crippen LogP contribution < -0.4 is 5.32 Å². The summed E-state index contributed by atoms with van der Waals surface area (Å²) in [6.07, 6.45) is 17.1. The third-order valence-corrected chi connectivity index (χ3v) is 8.31. The molecule has 0 spiro atoms. The average molecular weight is 772 g/mol. The maximum Gasteiger partial charge on any atom is 0.338 e. The molecule has 1 aromatic carbocycles. The molecule has 12 heteroatoms. The highest BCUT2D eigenvalue weighted by atomic mass is 16.6. The van der Waals surface area contributed by atoms with E-state index < -0.39 is 0 Å². The third-order valence-electron chi connectivity index (χ3n) is 8.31. The van der Waals surface area contributed by atoms with Gasteiger partial charge in [-0.15, -0.1) is 0 Å². The molecular formula is C42H77NO11. The summed E-state index contributed by atoms with van der Waals surface area (Å²) in [6, 6.07) is 7.31. The van der Waals surface area contributed by atoms with Gasteiger partial charge in [0.05, 0.1) is 118 Å². The zero-order valence-electron chi connectivity index (χ0n) is 34.1. The van der Waals surface area contributed by atoms with Gasteiger partial charge in [0.15, 0.2) is 0 Å². The Bertz CT molecular complexity index is 894. The van der Waals surface area contributed by atoms with E-state index in [-0.39, 0.29) is 12.6 Å². The first-order valence-corrected chi connectivity index (χ1v) is 21.0. The highest BCUT2D eigenvalue weighted by Gasteiger charge is 2.07. The maximum atomic E-state index is 12.1. The molecule has 0 fully saturated rings. The molecule has 0 saturated heterocycles. The van der Waals surface area contributed by atoms with E-state index in [1.165, 1.54) is 64.2 Å².